The van der Waals surface area contributed by atoms with Crippen molar-refractivity contribution in [3.63, 3.8) is 0 Å². The van der Waals surface area contributed by atoms with Crippen molar-refractivity contribution in [2.75, 3.05) is 18.7 Å². The van der Waals surface area contributed by atoms with Crippen molar-refractivity contribution in [3.05, 3.63) is 58.4 Å². The van der Waals surface area contributed by atoms with Crippen molar-refractivity contribution in [3.8, 4) is 17.2 Å². The monoisotopic (exact) mass is 367 g/mol. The van der Waals surface area contributed by atoms with E-state index in [1.54, 1.807) is 30.3 Å². The first-order valence-electron chi connectivity index (χ1n) is 8.51. The van der Waals surface area contributed by atoms with Crippen LogP contribution in [0.15, 0.2) is 51.7 Å². The topological polar surface area (TPSA) is 87.0 Å². The number of carbonyl (C=O) groups excluding carboxylic acids is 1. The summed E-state index contributed by atoms with van der Waals surface area (Å²) in [6.45, 7) is 1.96. The van der Waals surface area contributed by atoms with Crippen LogP contribution in [-0.4, -0.2) is 19.3 Å². The first-order chi connectivity index (χ1) is 13.1. The number of carbonyl (C=O) groups is 1. The average Bonchev–Trinajstić information content (AvgIpc) is 3.13. The standard InChI is InChI=1S/C20H17NO6/c1-2-12-7-20(23)27-17-9-14(4-5-15(12)17)24-10-19(22)21-13-3-6-16-18(8-13)26-11-25-16/h3-9H,2,10-11H2,1H3,(H,21,22). The third kappa shape index (κ3) is 3.57. The van der Waals surface area contributed by atoms with Gasteiger partial charge in [-0.25, -0.2) is 4.79 Å². The van der Waals surface area contributed by atoms with E-state index in [0.29, 0.717) is 28.5 Å². The third-order valence-corrected chi connectivity index (χ3v) is 4.21. The highest BCUT2D eigenvalue weighted by Crippen LogP contribution is 2.34. The summed E-state index contributed by atoms with van der Waals surface area (Å²) in [5.41, 5.74) is 1.53. The SMILES string of the molecule is CCc1cc(=O)oc2cc(OCC(=O)Nc3ccc4c(c3)OCO4)ccc12. The Labute approximate surface area is 154 Å². The van der Waals surface area contributed by atoms with Crippen molar-refractivity contribution in [1.82, 2.24) is 0 Å². The van der Waals surface area contributed by atoms with E-state index in [4.69, 9.17) is 18.6 Å². The molecule has 3 aromatic rings. The van der Waals surface area contributed by atoms with E-state index in [1.165, 1.54) is 6.07 Å². The molecule has 0 bridgehead atoms. The van der Waals surface area contributed by atoms with Crippen LogP contribution >= 0.6 is 0 Å². The second-order valence-corrected chi connectivity index (χ2v) is 6.01. The lowest BCUT2D eigenvalue weighted by molar-refractivity contribution is -0.118. The molecule has 1 aliphatic heterocycles. The Hall–Kier alpha value is -3.48. The fourth-order valence-corrected chi connectivity index (χ4v) is 2.91. The number of benzene rings is 2. The lowest BCUT2D eigenvalue weighted by Gasteiger charge is -2.09. The number of rotatable bonds is 5. The van der Waals surface area contributed by atoms with Gasteiger partial charge in [0.05, 0.1) is 0 Å². The zero-order valence-electron chi connectivity index (χ0n) is 14.6. The molecule has 138 valence electrons. The van der Waals surface area contributed by atoms with E-state index < -0.39 is 5.63 Å². The van der Waals surface area contributed by atoms with Gasteiger partial charge in [0.25, 0.3) is 5.91 Å². The summed E-state index contributed by atoms with van der Waals surface area (Å²) in [6.07, 6.45) is 0.722. The number of hydrogen-bond acceptors (Lipinski definition) is 6. The molecule has 0 saturated heterocycles. The highest BCUT2D eigenvalue weighted by Gasteiger charge is 2.14. The van der Waals surface area contributed by atoms with Gasteiger partial charge < -0.3 is 23.9 Å². The molecule has 0 spiro atoms. The van der Waals surface area contributed by atoms with Crippen molar-refractivity contribution in [1.29, 1.82) is 0 Å². The van der Waals surface area contributed by atoms with Crippen LogP contribution in [0.3, 0.4) is 0 Å². The fourth-order valence-electron chi connectivity index (χ4n) is 2.91. The fraction of sp³-hybridized carbons (Fsp3) is 0.200. The number of aryl methyl sites for hydroxylation is 1. The van der Waals surface area contributed by atoms with Gasteiger partial charge in [0.1, 0.15) is 11.3 Å². The summed E-state index contributed by atoms with van der Waals surface area (Å²) in [4.78, 5) is 23.8. The maximum absolute atomic E-state index is 12.1. The lowest BCUT2D eigenvalue weighted by atomic mass is 10.1. The smallest absolute Gasteiger partial charge is 0.336 e. The van der Waals surface area contributed by atoms with E-state index >= 15 is 0 Å². The lowest BCUT2D eigenvalue weighted by Crippen LogP contribution is -2.20. The van der Waals surface area contributed by atoms with Crippen LogP contribution in [0.5, 0.6) is 17.2 Å². The summed E-state index contributed by atoms with van der Waals surface area (Å²) in [5.74, 6) is 1.36. The van der Waals surface area contributed by atoms with Crippen molar-refractivity contribution >= 4 is 22.6 Å². The Morgan fingerprint density at radius 2 is 1.96 bits per heavy atom. The highest BCUT2D eigenvalue weighted by molar-refractivity contribution is 5.92. The Balaban J connectivity index is 1.43. The average molecular weight is 367 g/mol. The first-order valence-corrected chi connectivity index (χ1v) is 8.51. The number of nitrogens with one attached hydrogen (secondary N) is 1. The maximum Gasteiger partial charge on any atom is 0.336 e. The molecule has 0 saturated carbocycles. The van der Waals surface area contributed by atoms with Crippen LogP contribution in [0.4, 0.5) is 5.69 Å². The molecular weight excluding hydrogens is 350 g/mol. The molecule has 4 rings (SSSR count). The molecule has 1 amide bonds. The third-order valence-electron chi connectivity index (χ3n) is 4.21. The van der Waals surface area contributed by atoms with Gasteiger partial charge in [-0.3, -0.25) is 4.79 Å². The normalized spacial score (nSPS) is 12.2. The molecule has 0 radical (unpaired) electrons. The van der Waals surface area contributed by atoms with Gasteiger partial charge in [0, 0.05) is 29.3 Å². The largest absolute Gasteiger partial charge is 0.484 e. The number of fused-ring (bicyclic) bond motifs is 2. The Morgan fingerprint density at radius 1 is 1.11 bits per heavy atom. The molecule has 0 aliphatic carbocycles. The predicted octanol–water partition coefficient (Wildman–Crippen LogP) is 3.10. The second-order valence-electron chi connectivity index (χ2n) is 6.01. The second kappa shape index (κ2) is 7.03. The maximum atomic E-state index is 12.1. The van der Waals surface area contributed by atoms with E-state index in [9.17, 15) is 9.59 Å². The van der Waals surface area contributed by atoms with Gasteiger partial charge in [-0.2, -0.15) is 0 Å². The molecule has 1 aliphatic rings. The van der Waals surface area contributed by atoms with E-state index in [2.05, 4.69) is 5.32 Å². The molecule has 7 heteroatoms. The van der Waals surface area contributed by atoms with Crippen LogP contribution in [0, 0.1) is 0 Å². The Morgan fingerprint density at radius 3 is 2.81 bits per heavy atom. The van der Waals surface area contributed by atoms with Gasteiger partial charge in [-0.1, -0.05) is 6.92 Å². The van der Waals surface area contributed by atoms with Gasteiger partial charge in [-0.05, 0) is 36.2 Å². The minimum atomic E-state index is -0.406. The van der Waals surface area contributed by atoms with E-state index in [0.717, 1.165) is 17.4 Å². The van der Waals surface area contributed by atoms with Crippen LogP contribution in [0.2, 0.25) is 0 Å². The molecular formula is C20H17NO6. The molecule has 2 aromatic carbocycles. The molecule has 27 heavy (non-hydrogen) atoms. The number of amides is 1. The summed E-state index contributed by atoms with van der Waals surface area (Å²) in [6, 6.07) is 11.8. The molecule has 1 aromatic heterocycles. The van der Waals surface area contributed by atoms with Gasteiger partial charge in [0.15, 0.2) is 18.1 Å². The Kier molecular flexibility index (Phi) is 4.42. The van der Waals surface area contributed by atoms with Crippen molar-refractivity contribution in [2.24, 2.45) is 0 Å². The summed E-state index contributed by atoms with van der Waals surface area (Å²) in [5, 5.41) is 3.59. The number of hydrogen-bond donors (Lipinski definition) is 1. The van der Waals surface area contributed by atoms with Gasteiger partial charge in [0.2, 0.25) is 6.79 Å². The summed E-state index contributed by atoms with van der Waals surface area (Å²) < 4.78 is 21.3. The van der Waals surface area contributed by atoms with E-state index in [1.807, 2.05) is 13.0 Å². The van der Waals surface area contributed by atoms with Crippen molar-refractivity contribution in [2.45, 2.75) is 13.3 Å². The summed E-state index contributed by atoms with van der Waals surface area (Å²) in [7, 11) is 0. The predicted molar refractivity (Wildman–Crippen MR) is 98.6 cm³/mol. The number of anilines is 1. The molecule has 0 atom stereocenters. The molecule has 1 N–H and O–H groups in total. The molecule has 0 fully saturated rings. The van der Waals surface area contributed by atoms with Crippen LogP contribution in [-0.2, 0) is 11.2 Å². The first kappa shape index (κ1) is 17.0. The van der Waals surface area contributed by atoms with Crippen LogP contribution in [0.25, 0.3) is 11.0 Å². The Bertz CT molecular complexity index is 1070. The minimum absolute atomic E-state index is 0.174. The molecule has 2 heterocycles. The van der Waals surface area contributed by atoms with E-state index in [-0.39, 0.29) is 19.3 Å². The zero-order valence-corrected chi connectivity index (χ0v) is 14.6. The quantitative estimate of drug-likeness (QED) is 0.698. The summed E-state index contributed by atoms with van der Waals surface area (Å²) >= 11 is 0. The molecule has 0 unspecified atom stereocenters. The van der Waals surface area contributed by atoms with Crippen molar-refractivity contribution < 1.29 is 23.4 Å². The zero-order chi connectivity index (χ0) is 18.8. The number of ether oxygens (including phenoxy) is 3. The van der Waals surface area contributed by atoms with Gasteiger partial charge >= 0.3 is 5.63 Å². The van der Waals surface area contributed by atoms with Gasteiger partial charge in [-0.15, -0.1) is 0 Å². The van der Waals surface area contributed by atoms with Crippen LogP contribution < -0.4 is 25.2 Å². The minimum Gasteiger partial charge on any atom is -0.484 e. The molecule has 7 nitrogen and oxygen atoms in total. The highest BCUT2D eigenvalue weighted by atomic mass is 16.7. The van der Waals surface area contributed by atoms with Crippen LogP contribution in [0.1, 0.15) is 12.5 Å².